The molecule has 6 heteroatoms. The summed E-state index contributed by atoms with van der Waals surface area (Å²) in [7, 11) is 0. The van der Waals surface area contributed by atoms with Crippen LogP contribution in [0.25, 0.3) is 5.57 Å². The number of hydrogen-bond acceptors (Lipinski definition) is 3. The maximum atomic E-state index is 10.6. The molecule has 0 aliphatic rings. The molecule has 142 valence electrons. The van der Waals surface area contributed by atoms with Crippen LogP contribution in [0.2, 0.25) is 10.0 Å². The van der Waals surface area contributed by atoms with Crippen LogP contribution in [0, 0.1) is 0 Å². The molecule has 0 aromatic heterocycles. The first-order chi connectivity index (χ1) is 12.8. The van der Waals surface area contributed by atoms with Crippen LogP contribution in [0.4, 0.5) is 0 Å². The quantitative estimate of drug-likeness (QED) is 0.561. The Hall–Kier alpha value is -2.11. The molecule has 2 aromatic carbocycles. The Balaban J connectivity index is 2.21. The molecule has 2 unspecified atom stereocenters. The summed E-state index contributed by atoms with van der Waals surface area (Å²) in [6.45, 7) is 0. The van der Waals surface area contributed by atoms with Gasteiger partial charge in [-0.15, -0.1) is 0 Å². The molecule has 0 aliphatic carbocycles. The lowest BCUT2D eigenvalue weighted by molar-refractivity contribution is -0.139. The average molecular weight is 407 g/mol. The highest BCUT2D eigenvalue weighted by atomic mass is 35.5. The lowest BCUT2D eigenvalue weighted by atomic mass is 9.97. The highest BCUT2D eigenvalue weighted by Gasteiger charge is 2.13. The van der Waals surface area contributed by atoms with E-state index in [0.717, 1.165) is 16.7 Å². The van der Waals surface area contributed by atoms with Gasteiger partial charge in [0, 0.05) is 16.5 Å². The van der Waals surface area contributed by atoms with E-state index in [0.29, 0.717) is 10.0 Å². The predicted octanol–water partition coefficient (Wildman–Crippen LogP) is 4.57. The lowest BCUT2D eigenvalue weighted by Crippen LogP contribution is -2.19. The van der Waals surface area contributed by atoms with Gasteiger partial charge in [0.05, 0.1) is 18.6 Å². The van der Waals surface area contributed by atoms with E-state index in [1.165, 1.54) is 6.08 Å². The van der Waals surface area contributed by atoms with Gasteiger partial charge in [-0.2, -0.15) is 0 Å². The highest BCUT2D eigenvalue weighted by molar-refractivity contribution is 6.31. The molecular weight excluding hydrogens is 387 g/mol. The van der Waals surface area contributed by atoms with Gasteiger partial charge in [0.2, 0.25) is 0 Å². The van der Waals surface area contributed by atoms with Crippen molar-refractivity contribution in [1.82, 2.24) is 0 Å². The lowest BCUT2D eigenvalue weighted by Gasteiger charge is -2.11. The highest BCUT2D eigenvalue weighted by Crippen LogP contribution is 2.26. The molecule has 3 N–H and O–H groups in total. The summed E-state index contributed by atoms with van der Waals surface area (Å²) in [5.41, 5.74) is 2.77. The van der Waals surface area contributed by atoms with E-state index in [-0.39, 0.29) is 6.42 Å². The normalized spacial score (nSPS) is 13.3. The molecule has 0 heterocycles. The van der Waals surface area contributed by atoms with Gasteiger partial charge in [0.25, 0.3) is 0 Å². The van der Waals surface area contributed by atoms with Crippen LogP contribution in [0.1, 0.15) is 24.0 Å². The smallest absolute Gasteiger partial charge is 0.305 e. The second-order valence-electron chi connectivity index (χ2n) is 6.03. The van der Waals surface area contributed by atoms with Crippen molar-refractivity contribution >= 4 is 34.7 Å². The van der Waals surface area contributed by atoms with Crippen LogP contribution in [-0.2, 0) is 4.79 Å². The maximum absolute atomic E-state index is 10.6. The van der Waals surface area contributed by atoms with Crippen LogP contribution < -0.4 is 0 Å². The van der Waals surface area contributed by atoms with Crippen LogP contribution in [0.3, 0.4) is 0 Å². The van der Waals surface area contributed by atoms with Gasteiger partial charge in [-0.05, 0) is 41.0 Å². The van der Waals surface area contributed by atoms with E-state index < -0.39 is 24.6 Å². The Bertz CT molecular complexity index is 764. The zero-order chi connectivity index (χ0) is 19.8. The van der Waals surface area contributed by atoms with Crippen molar-refractivity contribution in [2.24, 2.45) is 0 Å². The van der Waals surface area contributed by atoms with Gasteiger partial charge >= 0.3 is 5.97 Å². The first kappa shape index (κ1) is 21.2. The fraction of sp³-hybridized carbons (Fsp3) is 0.190. The third-order valence-electron chi connectivity index (χ3n) is 3.83. The number of aliphatic carboxylic acids is 1. The van der Waals surface area contributed by atoms with E-state index in [1.807, 2.05) is 30.3 Å². The Morgan fingerprint density at radius 2 is 1.41 bits per heavy atom. The van der Waals surface area contributed by atoms with Crippen molar-refractivity contribution in [1.29, 1.82) is 0 Å². The van der Waals surface area contributed by atoms with E-state index in [1.54, 1.807) is 30.3 Å². The first-order valence-electron chi connectivity index (χ1n) is 8.33. The zero-order valence-electron chi connectivity index (χ0n) is 14.4. The van der Waals surface area contributed by atoms with Crippen molar-refractivity contribution in [3.63, 3.8) is 0 Å². The van der Waals surface area contributed by atoms with E-state index in [9.17, 15) is 15.0 Å². The molecule has 2 rings (SSSR count). The second kappa shape index (κ2) is 10.3. The second-order valence-corrected chi connectivity index (χ2v) is 6.91. The van der Waals surface area contributed by atoms with Crippen molar-refractivity contribution in [3.8, 4) is 0 Å². The summed E-state index contributed by atoms with van der Waals surface area (Å²) in [5, 5.41) is 29.5. The number of carboxylic acids is 1. The Labute approximate surface area is 168 Å². The van der Waals surface area contributed by atoms with Gasteiger partial charge in [0.15, 0.2) is 0 Å². The zero-order valence-corrected chi connectivity index (χ0v) is 15.9. The monoisotopic (exact) mass is 406 g/mol. The minimum absolute atomic E-state index is 0.0478. The molecule has 0 amide bonds. The maximum Gasteiger partial charge on any atom is 0.305 e. The van der Waals surface area contributed by atoms with Gasteiger partial charge in [-0.3, -0.25) is 4.79 Å². The molecule has 0 bridgehead atoms. The molecule has 0 aliphatic heterocycles. The summed E-state index contributed by atoms with van der Waals surface area (Å²) < 4.78 is 0. The Morgan fingerprint density at radius 1 is 0.926 bits per heavy atom. The minimum atomic E-state index is -1.11. The Morgan fingerprint density at radius 3 is 1.85 bits per heavy atom. The third kappa shape index (κ3) is 7.19. The van der Waals surface area contributed by atoms with Crippen molar-refractivity contribution in [2.75, 3.05) is 0 Å². The molecule has 2 aromatic rings. The van der Waals surface area contributed by atoms with Crippen LogP contribution in [-0.4, -0.2) is 33.5 Å². The van der Waals surface area contributed by atoms with Gasteiger partial charge in [-0.1, -0.05) is 65.7 Å². The Kier molecular flexibility index (Phi) is 8.07. The number of hydrogen-bond donors (Lipinski definition) is 3. The van der Waals surface area contributed by atoms with Crippen molar-refractivity contribution < 1.29 is 20.1 Å². The van der Waals surface area contributed by atoms with Crippen LogP contribution in [0.5, 0.6) is 0 Å². The summed E-state index contributed by atoms with van der Waals surface area (Å²) in [4.78, 5) is 10.6. The topological polar surface area (TPSA) is 77.8 Å². The number of aliphatic hydroxyl groups is 2. The fourth-order valence-electron chi connectivity index (χ4n) is 2.54. The number of rotatable bonds is 8. The largest absolute Gasteiger partial charge is 0.481 e. The van der Waals surface area contributed by atoms with Crippen molar-refractivity contribution in [2.45, 2.75) is 25.0 Å². The SMILES string of the molecule is O=C(O)CC(O)CC(O)/C=C/C=C(c1ccc(Cl)cc1)c1ccc(Cl)cc1. The first-order valence-corrected chi connectivity index (χ1v) is 9.09. The molecule has 4 nitrogen and oxygen atoms in total. The molecular formula is C21H20Cl2O4. The molecule has 0 saturated heterocycles. The molecule has 27 heavy (non-hydrogen) atoms. The average Bonchev–Trinajstić information content (AvgIpc) is 2.60. The number of aliphatic hydroxyl groups excluding tert-OH is 2. The van der Waals surface area contributed by atoms with Crippen LogP contribution in [0.15, 0.2) is 66.8 Å². The molecule has 0 fully saturated rings. The minimum Gasteiger partial charge on any atom is -0.481 e. The number of carbonyl (C=O) groups is 1. The van der Waals surface area contributed by atoms with E-state index in [4.69, 9.17) is 28.3 Å². The fourth-order valence-corrected chi connectivity index (χ4v) is 2.79. The summed E-state index contributed by atoms with van der Waals surface area (Å²) >= 11 is 11.9. The van der Waals surface area contributed by atoms with Crippen molar-refractivity contribution in [3.05, 3.63) is 87.9 Å². The number of benzene rings is 2. The van der Waals surface area contributed by atoms with E-state index >= 15 is 0 Å². The summed E-state index contributed by atoms with van der Waals surface area (Å²) in [6, 6.07) is 14.7. The predicted molar refractivity (Wildman–Crippen MR) is 108 cm³/mol. The molecule has 0 spiro atoms. The number of allylic oxidation sites excluding steroid dienone is 2. The van der Waals surface area contributed by atoms with E-state index in [2.05, 4.69) is 0 Å². The summed E-state index contributed by atoms with van der Waals surface area (Å²) in [6.07, 6.45) is 2.52. The van der Waals surface area contributed by atoms with Gasteiger partial charge < -0.3 is 15.3 Å². The number of halogens is 2. The molecule has 2 atom stereocenters. The number of carboxylic acid groups (broad SMARTS) is 1. The van der Waals surface area contributed by atoms with Gasteiger partial charge in [-0.25, -0.2) is 0 Å². The summed E-state index contributed by atoms with van der Waals surface area (Å²) in [5.74, 6) is -1.11. The molecule has 0 saturated carbocycles. The van der Waals surface area contributed by atoms with Gasteiger partial charge in [0.1, 0.15) is 0 Å². The standard InChI is InChI=1S/C21H20Cl2O4/c22-16-8-4-14(5-9-16)20(15-6-10-17(23)11-7-15)3-1-2-18(24)12-19(25)13-21(26)27/h1-11,18-19,24-25H,12-13H2,(H,26,27)/b2-1+. The van der Waals surface area contributed by atoms with Crippen LogP contribution >= 0.6 is 23.2 Å². The third-order valence-corrected chi connectivity index (χ3v) is 4.33. The molecule has 0 radical (unpaired) electrons.